The summed E-state index contributed by atoms with van der Waals surface area (Å²) in [6.45, 7) is 14.7. The molecule has 0 spiro atoms. The molecule has 5 heteroatoms. The third kappa shape index (κ3) is 4.55. The largest absolute Gasteiger partial charge is 0.462 e. The first-order chi connectivity index (χ1) is 16.8. The van der Waals surface area contributed by atoms with Gasteiger partial charge in [0.1, 0.15) is 6.10 Å². The van der Waals surface area contributed by atoms with Crippen LogP contribution in [-0.2, 0) is 23.9 Å². The molecular formula is C31H50O5. The van der Waals surface area contributed by atoms with Gasteiger partial charge in [0.05, 0.1) is 0 Å². The van der Waals surface area contributed by atoms with Crippen LogP contribution < -0.4 is 0 Å². The van der Waals surface area contributed by atoms with Crippen LogP contribution in [0.15, 0.2) is 0 Å². The van der Waals surface area contributed by atoms with E-state index in [1.807, 2.05) is 0 Å². The van der Waals surface area contributed by atoms with Crippen molar-refractivity contribution >= 4 is 17.7 Å². The zero-order chi connectivity index (χ0) is 26.5. The SMILES string of the molecule is CC(=O)OC1CCC2(C)C3CCC4(C)C(C(C)CCCC(C)C)CCC4C3CC(=O)C2(OC(C)=O)C1. The number of fused-ring (bicyclic) bond motifs is 5. The van der Waals surface area contributed by atoms with Crippen LogP contribution in [0.2, 0.25) is 0 Å². The van der Waals surface area contributed by atoms with Gasteiger partial charge < -0.3 is 9.47 Å². The Balaban J connectivity index is 1.59. The summed E-state index contributed by atoms with van der Waals surface area (Å²) in [6, 6.07) is 0. The van der Waals surface area contributed by atoms with Gasteiger partial charge in [-0.1, -0.05) is 53.9 Å². The lowest BCUT2D eigenvalue weighted by atomic mass is 9.42. The molecule has 9 unspecified atom stereocenters. The average molecular weight is 503 g/mol. The van der Waals surface area contributed by atoms with Crippen LogP contribution in [0, 0.1) is 46.3 Å². The van der Waals surface area contributed by atoms with Crippen molar-refractivity contribution in [2.24, 2.45) is 46.3 Å². The molecule has 0 N–H and O–H groups in total. The van der Waals surface area contributed by atoms with E-state index in [2.05, 4.69) is 34.6 Å². The van der Waals surface area contributed by atoms with Crippen molar-refractivity contribution in [3.8, 4) is 0 Å². The Labute approximate surface area is 218 Å². The second kappa shape index (κ2) is 10.1. The lowest BCUT2D eigenvalue weighted by molar-refractivity contribution is -0.230. The summed E-state index contributed by atoms with van der Waals surface area (Å²) in [5, 5.41) is 0. The third-order valence-corrected chi connectivity index (χ3v) is 11.4. The van der Waals surface area contributed by atoms with E-state index in [4.69, 9.17) is 9.47 Å². The van der Waals surface area contributed by atoms with Crippen LogP contribution in [-0.4, -0.2) is 29.4 Å². The molecule has 4 rings (SSSR count). The predicted molar refractivity (Wildman–Crippen MR) is 140 cm³/mol. The number of ether oxygens (including phenoxy) is 2. The molecule has 36 heavy (non-hydrogen) atoms. The van der Waals surface area contributed by atoms with Gasteiger partial charge in [-0.05, 0) is 79.4 Å². The molecule has 4 aliphatic carbocycles. The maximum Gasteiger partial charge on any atom is 0.303 e. The lowest BCUT2D eigenvalue weighted by Gasteiger charge is -2.63. The second-order valence-electron chi connectivity index (χ2n) is 13.8. The number of ketones is 1. The maximum atomic E-state index is 14.1. The van der Waals surface area contributed by atoms with Crippen molar-refractivity contribution in [3.63, 3.8) is 0 Å². The maximum absolute atomic E-state index is 14.1. The predicted octanol–water partition coefficient (Wildman–Crippen LogP) is 6.90. The lowest BCUT2D eigenvalue weighted by Crippen LogP contribution is -2.68. The topological polar surface area (TPSA) is 69.7 Å². The van der Waals surface area contributed by atoms with Gasteiger partial charge in [0.25, 0.3) is 0 Å². The summed E-state index contributed by atoms with van der Waals surface area (Å²) < 4.78 is 11.6. The van der Waals surface area contributed by atoms with E-state index in [0.717, 1.165) is 37.0 Å². The van der Waals surface area contributed by atoms with E-state index < -0.39 is 17.0 Å². The fraction of sp³-hybridized carbons (Fsp3) is 0.903. The van der Waals surface area contributed by atoms with E-state index in [1.54, 1.807) is 0 Å². The quantitative estimate of drug-likeness (QED) is 0.354. The monoisotopic (exact) mass is 502 g/mol. The standard InChI is InChI=1S/C31H50O5/c1-19(2)9-8-10-20(3)25-11-12-26-24-17-28(34)31(36-22(5)33)18-23(35-21(4)32)13-16-30(31,7)27(24)14-15-29(25,26)6/h19-20,23-27H,8-18H2,1-7H3. The Kier molecular flexibility index (Phi) is 7.72. The molecule has 4 fully saturated rings. The highest BCUT2D eigenvalue weighted by molar-refractivity contribution is 5.92. The average Bonchev–Trinajstić information content (AvgIpc) is 3.12. The fourth-order valence-electron chi connectivity index (χ4n) is 9.80. The van der Waals surface area contributed by atoms with E-state index in [1.165, 1.54) is 52.4 Å². The van der Waals surface area contributed by atoms with Crippen LogP contribution in [0.25, 0.3) is 0 Å². The summed E-state index contributed by atoms with van der Waals surface area (Å²) in [5.41, 5.74) is -1.28. The Morgan fingerprint density at radius 1 is 0.944 bits per heavy atom. The van der Waals surface area contributed by atoms with Gasteiger partial charge in [-0.15, -0.1) is 0 Å². The first kappa shape index (κ1) is 27.6. The van der Waals surface area contributed by atoms with E-state index >= 15 is 0 Å². The number of esters is 2. The first-order valence-electron chi connectivity index (χ1n) is 14.7. The minimum atomic E-state index is -1.17. The fourth-order valence-corrected chi connectivity index (χ4v) is 9.80. The minimum Gasteiger partial charge on any atom is -0.462 e. The second-order valence-corrected chi connectivity index (χ2v) is 13.8. The molecular weight excluding hydrogens is 452 g/mol. The Morgan fingerprint density at radius 3 is 2.31 bits per heavy atom. The van der Waals surface area contributed by atoms with Gasteiger partial charge in [0.2, 0.25) is 0 Å². The molecule has 0 bridgehead atoms. The highest BCUT2D eigenvalue weighted by Crippen LogP contribution is 2.69. The zero-order valence-corrected chi connectivity index (χ0v) is 23.9. The van der Waals surface area contributed by atoms with E-state index in [-0.39, 0.29) is 17.9 Å². The Bertz CT molecular complexity index is 865. The van der Waals surface area contributed by atoms with Gasteiger partial charge in [-0.3, -0.25) is 14.4 Å². The smallest absolute Gasteiger partial charge is 0.303 e. The number of carbonyl (C=O) groups excluding carboxylic acids is 3. The number of carbonyl (C=O) groups is 3. The van der Waals surface area contributed by atoms with Crippen molar-refractivity contribution in [1.82, 2.24) is 0 Å². The van der Waals surface area contributed by atoms with Crippen molar-refractivity contribution in [2.45, 2.75) is 131 Å². The van der Waals surface area contributed by atoms with Crippen LogP contribution in [0.5, 0.6) is 0 Å². The van der Waals surface area contributed by atoms with Gasteiger partial charge in [0.15, 0.2) is 11.4 Å². The normalized spacial score (nSPS) is 42.8. The summed E-state index contributed by atoms with van der Waals surface area (Å²) in [7, 11) is 0. The van der Waals surface area contributed by atoms with Crippen molar-refractivity contribution in [2.75, 3.05) is 0 Å². The van der Waals surface area contributed by atoms with Crippen LogP contribution in [0.3, 0.4) is 0 Å². The molecule has 204 valence electrons. The summed E-state index contributed by atoms with van der Waals surface area (Å²) >= 11 is 0. The molecule has 0 aliphatic heterocycles. The van der Waals surface area contributed by atoms with Crippen LogP contribution >= 0.6 is 0 Å². The van der Waals surface area contributed by atoms with Gasteiger partial charge in [-0.25, -0.2) is 0 Å². The third-order valence-electron chi connectivity index (χ3n) is 11.4. The minimum absolute atomic E-state index is 0.0657. The number of rotatable bonds is 7. The van der Waals surface area contributed by atoms with Crippen molar-refractivity contribution in [1.29, 1.82) is 0 Å². The van der Waals surface area contributed by atoms with Crippen LogP contribution in [0.1, 0.15) is 119 Å². The van der Waals surface area contributed by atoms with Gasteiger partial charge in [0, 0.05) is 32.1 Å². The molecule has 0 aromatic rings. The summed E-state index contributed by atoms with van der Waals surface area (Å²) in [4.78, 5) is 38.1. The van der Waals surface area contributed by atoms with Gasteiger partial charge in [-0.2, -0.15) is 0 Å². The highest BCUT2D eigenvalue weighted by Gasteiger charge is 2.70. The van der Waals surface area contributed by atoms with Gasteiger partial charge >= 0.3 is 11.9 Å². The molecule has 9 atom stereocenters. The van der Waals surface area contributed by atoms with Crippen molar-refractivity contribution in [3.05, 3.63) is 0 Å². The molecule has 0 aromatic carbocycles. The Hall–Kier alpha value is -1.39. The Morgan fingerprint density at radius 2 is 1.67 bits per heavy atom. The molecule has 0 amide bonds. The molecule has 0 radical (unpaired) electrons. The number of Topliss-reactive ketones (excluding diaryl/α,β-unsaturated/α-hetero) is 1. The summed E-state index contributed by atoms with van der Waals surface area (Å²) in [5.74, 6) is 2.84. The molecule has 0 saturated heterocycles. The molecule has 4 aliphatic rings. The van der Waals surface area contributed by atoms with E-state index in [0.29, 0.717) is 36.0 Å². The van der Waals surface area contributed by atoms with Crippen molar-refractivity contribution < 1.29 is 23.9 Å². The molecule has 0 heterocycles. The summed E-state index contributed by atoms with van der Waals surface area (Å²) in [6.07, 6.45) is 10.6. The number of hydrogen-bond acceptors (Lipinski definition) is 5. The van der Waals surface area contributed by atoms with E-state index in [9.17, 15) is 14.4 Å². The molecule has 5 nitrogen and oxygen atoms in total. The first-order valence-corrected chi connectivity index (χ1v) is 14.7. The molecule has 4 saturated carbocycles. The number of hydrogen-bond donors (Lipinski definition) is 0. The molecule has 0 aromatic heterocycles. The highest BCUT2D eigenvalue weighted by atomic mass is 16.6. The van der Waals surface area contributed by atoms with Crippen LogP contribution in [0.4, 0.5) is 0 Å². The zero-order valence-electron chi connectivity index (χ0n) is 23.9.